The van der Waals surface area contributed by atoms with Gasteiger partial charge in [0.1, 0.15) is 5.92 Å². The summed E-state index contributed by atoms with van der Waals surface area (Å²) in [6, 6.07) is 8.36. The number of carbonyl (C=O) groups excluding carboxylic acids is 4. The Hall–Kier alpha value is -2.90. The van der Waals surface area contributed by atoms with Crippen LogP contribution in [0.25, 0.3) is 0 Å². The van der Waals surface area contributed by atoms with Crippen LogP contribution in [-0.4, -0.2) is 49.7 Å². The number of ether oxygens (including phenoxy) is 3. The highest BCUT2D eigenvalue weighted by Gasteiger charge is 2.55. The molecule has 29 heavy (non-hydrogen) atoms. The van der Waals surface area contributed by atoms with Crippen molar-refractivity contribution in [3.05, 3.63) is 35.9 Å². The largest absolute Gasteiger partial charge is 0.465 e. The summed E-state index contributed by atoms with van der Waals surface area (Å²) in [5.41, 5.74) is -1.61. The Bertz CT molecular complexity index is 697. The van der Waals surface area contributed by atoms with Crippen LogP contribution in [0.1, 0.15) is 45.0 Å². The van der Waals surface area contributed by atoms with Gasteiger partial charge >= 0.3 is 17.9 Å². The molecule has 1 aromatic carbocycles. The summed E-state index contributed by atoms with van der Waals surface area (Å²) < 4.78 is 15.3. The Morgan fingerprint density at radius 3 is 1.93 bits per heavy atom. The zero-order valence-corrected chi connectivity index (χ0v) is 17.5. The van der Waals surface area contributed by atoms with Gasteiger partial charge in [-0.3, -0.25) is 19.2 Å². The molecule has 1 atom stereocenters. The van der Waals surface area contributed by atoms with Crippen LogP contribution in [0.3, 0.4) is 0 Å². The van der Waals surface area contributed by atoms with Crippen molar-refractivity contribution in [3.8, 4) is 0 Å². The number of benzene rings is 1. The molecule has 0 spiro atoms. The van der Waals surface area contributed by atoms with Crippen LogP contribution in [0.5, 0.6) is 0 Å². The molecule has 1 aromatic rings. The Morgan fingerprint density at radius 2 is 1.48 bits per heavy atom. The highest BCUT2D eigenvalue weighted by Crippen LogP contribution is 2.32. The van der Waals surface area contributed by atoms with Gasteiger partial charge in [-0.2, -0.15) is 0 Å². The zero-order valence-electron chi connectivity index (χ0n) is 17.5. The van der Waals surface area contributed by atoms with Crippen LogP contribution >= 0.6 is 0 Å². The van der Waals surface area contributed by atoms with Gasteiger partial charge in [0.2, 0.25) is 0 Å². The average Bonchev–Trinajstić information content (AvgIpc) is 2.68. The first-order chi connectivity index (χ1) is 13.7. The third-order valence-electron chi connectivity index (χ3n) is 4.23. The van der Waals surface area contributed by atoms with Gasteiger partial charge in [-0.05, 0) is 46.8 Å². The van der Waals surface area contributed by atoms with Crippen molar-refractivity contribution in [2.24, 2.45) is 11.3 Å². The van der Waals surface area contributed by atoms with Gasteiger partial charge in [-0.1, -0.05) is 18.2 Å². The molecule has 0 aliphatic rings. The summed E-state index contributed by atoms with van der Waals surface area (Å²) in [5.74, 6) is -4.44. The van der Waals surface area contributed by atoms with E-state index in [-0.39, 0.29) is 19.8 Å². The monoisotopic (exact) mass is 407 g/mol. The van der Waals surface area contributed by atoms with Gasteiger partial charge in [0.05, 0.1) is 19.3 Å². The Kier molecular flexibility index (Phi) is 9.31. The second-order valence-electron chi connectivity index (χ2n) is 6.76. The summed E-state index contributed by atoms with van der Waals surface area (Å²) in [5, 5.41) is 2.60. The first kappa shape index (κ1) is 24.1. The first-order valence-electron chi connectivity index (χ1n) is 9.56. The maximum absolute atomic E-state index is 12.8. The van der Waals surface area contributed by atoms with E-state index < -0.39 is 41.3 Å². The fourth-order valence-electron chi connectivity index (χ4n) is 2.65. The number of carbonyl (C=O) groups is 4. The highest BCUT2D eigenvalue weighted by atomic mass is 16.6. The van der Waals surface area contributed by atoms with Gasteiger partial charge in [0.15, 0.2) is 5.41 Å². The Morgan fingerprint density at radius 1 is 0.966 bits per heavy atom. The number of amides is 1. The molecule has 8 heteroatoms. The molecular formula is C21H29NO7. The number of nitrogens with one attached hydrogen (secondary N) is 1. The molecule has 0 bridgehead atoms. The minimum absolute atomic E-state index is 0.0101. The highest BCUT2D eigenvalue weighted by molar-refractivity contribution is 6.04. The topological polar surface area (TPSA) is 108 Å². The lowest BCUT2D eigenvalue weighted by Crippen LogP contribution is -2.53. The fourth-order valence-corrected chi connectivity index (χ4v) is 2.65. The third kappa shape index (κ3) is 6.30. The van der Waals surface area contributed by atoms with Crippen molar-refractivity contribution in [2.45, 2.75) is 40.7 Å². The lowest BCUT2D eigenvalue weighted by molar-refractivity contribution is -0.183. The van der Waals surface area contributed by atoms with Gasteiger partial charge in [-0.15, -0.1) is 0 Å². The molecule has 0 fully saturated rings. The summed E-state index contributed by atoms with van der Waals surface area (Å²) in [6.45, 7) is 7.43. The minimum Gasteiger partial charge on any atom is -0.465 e. The maximum atomic E-state index is 12.8. The van der Waals surface area contributed by atoms with E-state index in [2.05, 4.69) is 5.32 Å². The first-order valence-corrected chi connectivity index (χ1v) is 9.56. The zero-order chi connectivity index (χ0) is 22.0. The molecule has 0 radical (unpaired) electrons. The standard InChI is InChI=1S/C21H29NO7/c1-6-27-19(25)21(5,20(26)28-7-2)16(18(24)29-14(3)4)13-22-17(23)15-11-9-8-10-12-15/h8-12,14,16H,6-7,13H2,1-5H3,(H,22,23). The third-order valence-corrected chi connectivity index (χ3v) is 4.23. The van der Waals surface area contributed by atoms with Crippen molar-refractivity contribution >= 4 is 23.8 Å². The van der Waals surface area contributed by atoms with Crippen LogP contribution in [0.2, 0.25) is 0 Å². The molecule has 1 unspecified atom stereocenters. The predicted octanol–water partition coefficient (Wildman–Crippen LogP) is 2.12. The molecule has 8 nitrogen and oxygen atoms in total. The van der Waals surface area contributed by atoms with Crippen LogP contribution in [-0.2, 0) is 28.6 Å². The van der Waals surface area contributed by atoms with Gasteiger partial charge in [0, 0.05) is 12.1 Å². The van der Waals surface area contributed by atoms with E-state index >= 15 is 0 Å². The quantitative estimate of drug-likeness (QED) is 0.359. The summed E-state index contributed by atoms with van der Waals surface area (Å²) in [6.07, 6.45) is -0.483. The predicted molar refractivity (Wildman–Crippen MR) is 105 cm³/mol. The van der Waals surface area contributed by atoms with Crippen LogP contribution in [0, 0.1) is 11.3 Å². The second kappa shape index (κ2) is 11.2. The van der Waals surface area contributed by atoms with E-state index in [0.29, 0.717) is 5.56 Å². The van der Waals surface area contributed by atoms with E-state index in [1.807, 2.05) is 0 Å². The lowest BCUT2D eigenvalue weighted by atomic mass is 9.76. The molecule has 0 saturated heterocycles. The molecule has 0 aliphatic carbocycles. The van der Waals surface area contributed by atoms with Gasteiger partial charge in [0.25, 0.3) is 5.91 Å². The summed E-state index contributed by atoms with van der Waals surface area (Å²) in [4.78, 5) is 50.6. The number of esters is 3. The average molecular weight is 407 g/mol. The van der Waals surface area contributed by atoms with Crippen molar-refractivity contribution < 1.29 is 33.4 Å². The van der Waals surface area contributed by atoms with Gasteiger partial charge < -0.3 is 19.5 Å². The fraction of sp³-hybridized carbons (Fsp3) is 0.524. The molecule has 160 valence electrons. The molecule has 1 N–H and O–H groups in total. The molecule has 1 rings (SSSR count). The van der Waals surface area contributed by atoms with E-state index in [1.54, 1.807) is 58.0 Å². The second-order valence-corrected chi connectivity index (χ2v) is 6.76. The number of rotatable bonds is 10. The van der Waals surface area contributed by atoms with E-state index in [9.17, 15) is 19.2 Å². The van der Waals surface area contributed by atoms with Crippen molar-refractivity contribution in [2.75, 3.05) is 19.8 Å². The van der Waals surface area contributed by atoms with Gasteiger partial charge in [-0.25, -0.2) is 0 Å². The summed E-state index contributed by atoms with van der Waals surface area (Å²) in [7, 11) is 0. The minimum atomic E-state index is -1.98. The molecular weight excluding hydrogens is 378 g/mol. The van der Waals surface area contributed by atoms with Crippen LogP contribution in [0.4, 0.5) is 0 Å². The number of hydrogen-bond donors (Lipinski definition) is 1. The van der Waals surface area contributed by atoms with Crippen molar-refractivity contribution in [1.82, 2.24) is 5.32 Å². The smallest absolute Gasteiger partial charge is 0.324 e. The normalized spacial score (nSPS) is 12.1. The van der Waals surface area contributed by atoms with E-state index in [4.69, 9.17) is 14.2 Å². The van der Waals surface area contributed by atoms with E-state index in [0.717, 1.165) is 0 Å². The van der Waals surface area contributed by atoms with Crippen molar-refractivity contribution in [1.29, 1.82) is 0 Å². The lowest BCUT2D eigenvalue weighted by Gasteiger charge is -2.32. The number of hydrogen-bond acceptors (Lipinski definition) is 7. The van der Waals surface area contributed by atoms with Crippen LogP contribution < -0.4 is 5.32 Å². The molecule has 0 aliphatic heterocycles. The SMILES string of the molecule is CCOC(=O)C(C)(C(=O)OCC)C(CNC(=O)c1ccccc1)C(=O)OC(C)C. The summed E-state index contributed by atoms with van der Waals surface area (Å²) >= 11 is 0. The van der Waals surface area contributed by atoms with Crippen molar-refractivity contribution in [3.63, 3.8) is 0 Å². The Labute approximate surface area is 170 Å². The van der Waals surface area contributed by atoms with Crippen LogP contribution in [0.15, 0.2) is 30.3 Å². The Balaban J connectivity index is 3.23. The van der Waals surface area contributed by atoms with E-state index in [1.165, 1.54) is 6.92 Å². The maximum Gasteiger partial charge on any atom is 0.324 e. The molecule has 0 heterocycles. The molecule has 0 aromatic heterocycles. The molecule has 1 amide bonds. The molecule has 0 saturated carbocycles.